The first-order chi connectivity index (χ1) is 4.81. The second-order valence-corrected chi connectivity index (χ2v) is 2.59. The first-order valence-corrected chi connectivity index (χ1v) is 4.12. The molecular weight excluding hydrogens is 124 g/mol. The standard InChI is InChI=1S/C9H18O/c1-3-5-6-8-9(10)7-4-2/h4,7,9-10H,3,5-6,8H2,1-2H3/b7-4-/t9-/m1/s1. The predicted octanol–water partition coefficient (Wildman–Crippen LogP) is 2.50. The molecule has 0 aromatic carbocycles. The molecule has 0 rings (SSSR count). The summed E-state index contributed by atoms with van der Waals surface area (Å²) in [4.78, 5) is 0. The summed E-state index contributed by atoms with van der Waals surface area (Å²) in [5.41, 5.74) is 0. The lowest BCUT2D eigenvalue weighted by Gasteiger charge is -2.02. The molecule has 0 spiro atoms. The minimum atomic E-state index is -0.212. The second-order valence-electron chi connectivity index (χ2n) is 2.59. The highest BCUT2D eigenvalue weighted by molar-refractivity contribution is 4.84. The molecule has 0 aliphatic heterocycles. The van der Waals surface area contributed by atoms with Crippen LogP contribution >= 0.6 is 0 Å². The average molecular weight is 142 g/mol. The number of unbranched alkanes of at least 4 members (excludes halogenated alkanes) is 2. The fourth-order valence-electron chi connectivity index (χ4n) is 0.922. The molecule has 1 heteroatoms. The van der Waals surface area contributed by atoms with Crippen molar-refractivity contribution in [3.05, 3.63) is 12.2 Å². The van der Waals surface area contributed by atoms with E-state index in [4.69, 9.17) is 0 Å². The largest absolute Gasteiger partial charge is 0.389 e. The molecule has 0 unspecified atom stereocenters. The molecule has 0 aromatic heterocycles. The highest BCUT2D eigenvalue weighted by Gasteiger charge is 1.95. The quantitative estimate of drug-likeness (QED) is 0.462. The van der Waals surface area contributed by atoms with Gasteiger partial charge in [0.15, 0.2) is 0 Å². The molecular formula is C9H18O. The summed E-state index contributed by atoms with van der Waals surface area (Å²) in [6.45, 7) is 4.10. The minimum absolute atomic E-state index is 0.212. The fraction of sp³-hybridized carbons (Fsp3) is 0.778. The van der Waals surface area contributed by atoms with Crippen LogP contribution in [0.25, 0.3) is 0 Å². The Morgan fingerprint density at radius 3 is 2.60 bits per heavy atom. The lowest BCUT2D eigenvalue weighted by molar-refractivity contribution is 0.208. The van der Waals surface area contributed by atoms with Gasteiger partial charge in [0, 0.05) is 0 Å². The predicted molar refractivity (Wildman–Crippen MR) is 45.0 cm³/mol. The maximum Gasteiger partial charge on any atom is 0.0720 e. The molecule has 1 nitrogen and oxygen atoms in total. The topological polar surface area (TPSA) is 20.2 Å². The van der Waals surface area contributed by atoms with E-state index in [1.165, 1.54) is 12.8 Å². The highest BCUT2D eigenvalue weighted by atomic mass is 16.3. The van der Waals surface area contributed by atoms with Crippen LogP contribution in [0, 0.1) is 0 Å². The Morgan fingerprint density at radius 1 is 1.40 bits per heavy atom. The van der Waals surface area contributed by atoms with Crippen LogP contribution in [0.5, 0.6) is 0 Å². The molecule has 0 amide bonds. The zero-order valence-corrected chi connectivity index (χ0v) is 7.01. The molecule has 10 heavy (non-hydrogen) atoms. The van der Waals surface area contributed by atoms with Crippen molar-refractivity contribution in [3.8, 4) is 0 Å². The molecule has 0 fully saturated rings. The number of aliphatic hydroxyl groups is 1. The van der Waals surface area contributed by atoms with Crippen LogP contribution < -0.4 is 0 Å². The lowest BCUT2D eigenvalue weighted by Crippen LogP contribution is -2.00. The number of hydrogen-bond acceptors (Lipinski definition) is 1. The van der Waals surface area contributed by atoms with Crippen LogP contribution in [0.15, 0.2) is 12.2 Å². The molecule has 0 radical (unpaired) electrons. The van der Waals surface area contributed by atoms with Gasteiger partial charge >= 0.3 is 0 Å². The Balaban J connectivity index is 3.13. The van der Waals surface area contributed by atoms with E-state index in [0.29, 0.717) is 0 Å². The first-order valence-electron chi connectivity index (χ1n) is 4.12. The lowest BCUT2D eigenvalue weighted by atomic mass is 10.1. The molecule has 1 N–H and O–H groups in total. The summed E-state index contributed by atoms with van der Waals surface area (Å²) in [6.07, 6.45) is 8.04. The van der Waals surface area contributed by atoms with Crippen LogP contribution in [0.4, 0.5) is 0 Å². The van der Waals surface area contributed by atoms with Gasteiger partial charge in [-0.05, 0) is 13.3 Å². The van der Waals surface area contributed by atoms with Crippen LogP contribution in [0.3, 0.4) is 0 Å². The van der Waals surface area contributed by atoms with E-state index in [1.807, 2.05) is 19.1 Å². The van der Waals surface area contributed by atoms with Gasteiger partial charge in [0.2, 0.25) is 0 Å². The van der Waals surface area contributed by atoms with E-state index in [2.05, 4.69) is 6.92 Å². The van der Waals surface area contributed by atoms with Crippen LogP contribution in [0.1, 0.15) is 39.5 Å². The Hall–Kier alpha value is -0.300. The SMILES string of the molecule is C/C=C\[C@@H](O)CCCCC. The third kappa shape index (κ3) is 5.83. The van der Waals surface area contributed by atoms with Crippen molar-refractivity contribution in [2.24, 2.45) is 0 Å². The molecule has 0 aliphatic carbocycles. The van der Waals surface area contributed by atoms with Crippen molar-refractivity contribution in [2.45, 2.75) is 45.6 Å². The molecule has 60 valence electrons. The van der Waals surface area contributed by atoms with Gasteiger partial charge in [0.1, 0.15) is 0 Å². The number of aliphatic hydroxyl groups excluding tert-OH is 1. The van der Waals surface area contributed by atoms with E-state index >= 15 is 0 Å². The van der Waals surface area contributed by atoms with E-state index in [1.54, 1.807) is 0 Å². The Kier molecular flexibility index (Phi) is 6.61. The maximum absolute atomic E-state index is 9.19. The molecule has 0 bridgehead atoms. The Morgan fingerprint density at radius 2 is 2.10 bits per heavy atom. The third-order valence-electron chi connectivity index (χ3n) is 1.52. The van der Waals surface area contributed by atoms with Crippen molar-refractivity contribution >= 4 is 0 Å². The summed E-state index contributed by atoms with van der Waals surface area (Å²) in [7, 11) is 0. The van der Waals surface area contributed by atoms with Gasteiger partial charge in [-0.15, -0.1) is 0 Å². The van der Waals surface area contributed by atoms with Gasteiger partial charge in [0.25, 0.3) is 0 Å². The zero-order chi connectivity index (χ0) is 7.82. The maximum atomic E-state index is 9.19. The van der Waals surface area contributed by atoms with E-state index in [-0.39, 0.29) is 6.10 Å². The number of allylic oxidation sites excluding steroid dienone is 1. The van der Waals surface area contributed by atoms with Crippen LogP contribution in [0.2, 0.25) is 0 Å². The van der Waals surface area contributed by atoms with Crippen molar-refractivity contribution in [1.82, 2.24) is 0 Å². The third-order valence-corrected chi connectivity index (χ3v) is 1.52. The summed E-state index contributed by atoms with van der Waals surface area (Å²) < 4.78 is 0. The van der Waals surface area contributed by atoms with E-state index in [9.17, 15) is 5.11 Å². The molecule has 0 aromatic rings. The average Bonchev–Trinajstić information content (AvgIpc) is 1.89. The van der Waals surface area contributed by atoms with Gasteiger partial charge < -0.3 is 5.11 Å². The smallest absolute Gasteiger partial charge is 0.0720 e. The van der Waals surface area contributed by atoms with Gasteiger partial charge in [-0.2, -0.15) is 0 Å². The number of rotatable bonds is 5. The van der Waals surface area contributed by atoms with Crippen molar-refractivity contribution in [2.75, 3.05) is 0 Å². The Bertz CT molecular complexity index is 86.7. The van der Waals surface area contributed by atoms with E-state index < -0.39 is 0 Å². The van der Waals surface area contributed by atoms with Gasteiger partial charge in [-0.1, -0.05) is 38.3 Å². The van der Waals surface area contributed by atoms with Crippen LogP contribution in [-0.4, -0.2) is 11.2 Å². The van der Waals surface area contributed by atoms with Gasteiger partial charge in [0.05, 0.1) is 6.10 Å². The summed E-state index contributed by atoms with van der Waals surface area (Å²) >= 11 is 0. The summed E-state index contributed by atoms with van der Waals surface area (Å²) in [5, 5.41) is 9.19. The van der Waals surface area contributed by atoms with Crippen molar-refractivity contribution in [1.29, 1.82) is 0 Å². The molecule has 1 atom stereocenters. The second kappa shape index (κ2) is 6.81. The fourth-order valence-corrected chi connectivity index (χ4v) is 0.922. The van der Waals surface area contributed by atoms with Crippen molar-refractivity contribution < 1.29 is 5.11 Å². The zero-order valence-electron chi connectivity index (χ0n) is 7.01. The summed E-state index contributed by atoms with van der Waals surface area (Å²) in [6, 6.07) is 0. The van der Waals surface area contributed by atoms with E-state index in [0.717, 1.165) is 12.8 Å². The first kappa shape index (κ1) is 9.70. The number of hydrogen-bond donors (Lipinski definition) is 1. The molecule has 0 heterocycles. The molecule has 0 saturated heterocycles. The molecule has 0 saturated carbocycles. The Labute approximate surface area is 63.8 Å². The van der Waals surface area contributed by atoms with Crippen molar-refractivity contribution in [3.63, 3.8) is 0 Å². The highest BCUT2D eigenvalue weighted by Crippen LogP contribution is 2.03. The minimum Gasteiger partial charge on any atom is -0.389 e. The van der Waals surface area contributed by atoms with Crippen LogP contribution in [-0.2, 0) is 0 Å². The summed E-state index contributed by atoms with van der Waals surface area (Å²) in [5.74, 6) is 0. The monoisotopic (exact) mass is 142 g/mol. The van der Waals surface area contributed by atoms with Gasteiger partial charge in [-0.3, -0.25) is 0 Å². The normalized spacial score (nSPS) is 14.3. The van der Waals surface area contributed by atoms with Gasteiger partial charge in [-0.25, -0.2) is 0 Å². The molecule has 0 aliphatic rings.